The van der Waals surface area contributed by atoms with E-state index in [1.54, 1.807) is 23.1 Å². The van der Waals surface area contributed by atoms with Gasteiger partial charge in [0.25, 0.3) is 0 Å². The highest BCUT2D eigenvalue weighted by Gasteiger charge is 2.11. The number of carbonyl (C=O) groups excluding carboxylic acids is 1. The molecule has 3 N–H and O–H groups in total. The van der Waals surface area contributed by atoms with Gasteiger partial charge in [0, 0.05) is 23.3 Å². The highest BCUT2D eigenvalue weighted by Crippen LogP contribution is 2.14. The van der Waals surface area contributed by atoms with Crippen molar-refractivity contribution in [1.29, 1.82) is 0 Å². The number of thiophene rings is 1. The first-order chi connectivity index (χ1) is 8.67. The number of amides is 2. The van der Waals surface area contributed by atoms with Gasteiger partial charge in [0.05, 0.1) is 6.54 Å². The summed E-state index contributed by atoms with van der Waals surface area (Å²) in [5.41, 5.74) is 1.20. The second-order valence-electron chi connectivity index (χ2n) is 4.02. The maximum Gasteiger partial charge on any atom is 0.315 e. The van der Waals surface area contributed by atoms with Gasteiger partial charge in [-0.25, -0.2) is 4.79 Å². The summed E-state index contributed by atoms with van der Waals surface area (Å²) in [6.07, 6.45) is 2.57. The third kappa shape index (κ3) is 5.29. The van der Waals surface area contributed by atoms with E-state index < -0.39 is 0 Å². The lowest BCUT2D eigenvalue weighted by atomic mass is 10.2. The first-order valence-corrected chi connectivity index (χ1v) is 8.11. The molecule has 0 aromatic carbocycles. The molecule has 0 spiro atoms. The van der Waals surface area contributed by atoms with Crippen molar-refractivity contribution in [3.63, 3.8) is 0 Å². The van der Waals surface area contributed by atoms with Gasteiger partial charge in [-0.2, -0.15) is 11.8 Å². The minimum absolute atomic E-state index is 0.0226. The average molecular weight is 288 g/mol. The molecule has 0 saturated heterocycles. The van der Waals surface area contributed by atoms with Crippen LogP contribution in [0.25, 0.3) is 0 Å². The van der Waals surface area contributed by atoms with Gasteiger partial charge >= 0.3 is 6.03 Å². The van der Waals surface area contributed by atoms with Crippen LogP contribution in [0, 0.1) is 6.92 Å². The van der Waals surface area contributed by atoms with Gasteiger partial charge in [0.2, 0.25) is 0 Å². The molecule has 1 rings (SSSR count). The Hall–Kier alpha value is -0.720. The van der Waals surface area contributed by atoms with Crippen LogP contribution < -0.4 is 10.6 Å². The number of aliphatic hydroxyl groups excluding tert-OH is 1. The molecule has 102 valence electrons. The van der Waals surface area contributed by atoms with Gasteiger partial charge in [-0.3, -0.25) is 0 Å². The molecular weight excluding hydrogens is 268 g/mol. The van der Waals surface area contributed by atoms with Gasteiger partial charge in [-0.05, 0) is 36.6 Å². The van der Waals surface area contributed by atoms with E-state index in [4.69, 9.17) is 5.11 Å². The summed E-state index contributed by atoms with van der Waals surface area (Å²) >= 11 is 3.30. The maximum absolute atomic E-state index is 11.7. The standard InChI is InChI=1S/C12H20N2O2S2/c1-9-4-6-18-11(9)7-13-12(16)14-10(3-5-15)8-17-2/h4,6,10,15H,3,5,7-8H2,1-2H3,(H2,13,14,16). The van der Waals surface area contributed by atoms with E-state index in [1.807, 2.05) is 24.6 Å². The molecule has 1 heterocycles. The number of rotatable bonds is 7. The van der Waals surface area contributed by atoms with E-state index in [9.17, 15) is 4.79 Å². The van der Waals surface area contributed by atoms with Crippen LogP contribution in [0.1, 0.15) is 16.9 Å². The Balaban J connectivity index is 2.33. The summed E-state index contributed by atoms with van der Waals surface area (Å²) in [6, 6.07) is 1.90. The van der Waals surface area contributed by atoms with Crippen LogP contribution in [0.4, 0.5) is 4.79 Å². The molecule has 0 aliphatic heterocycles. The molecule has 0 saturated carbocycles. The first kappa shape index (κ1) is 15.3. The van der Waals surface area contributed by atoms with Crippen LogP contribution in [0.3, 0.4) is 0 Å². The monoisotopic (exact) mass is 288 g/mol. The highest BCUT2D eigenvalue weighted by molar-refractivity contribution is 7.98. The second-order valence-corrected chi connectivity index (χ2v) is 5.93. The number of carbonyl (C=O) groups is 1. The lowest BCUT2D eigenvalue weighted by Gasteiger charge is -2.17. The van der Waals surface area contributed by atoms with Crippen molar-refractivity contribution in [2.45, 2.75) is 25.9 Å². The van der Waals surface area contributed by atoms with Crippen LogP contribution in [-0.2, 0) is 6.54 Å². The second kappa shape index (κ2) is 8.39. The predicted molar refractivity (Wildman–Crippen MR) is 78.3 cm³/mol. The number of hydrogen-bond donors (Lipinski definition) is 3. The Morgan fingerprint density at radius 1 is 1.61 bits per heavy atom. The van der Waals surface area contributed by atoms with Gasteiger partial charge in [0.1, 0.15) is 0 Å². The normalized spacial score (nSPS) is 12.2. The van der Waals surface area contributed by atoms with Crippen molar-refractivity contribution in [3.8, 4) is 0 Å². The van der Waals surface area contributed by atoms with Crippen LogP contribution in [0.2, 0.25) is 0 Å². The maximum atomic E-state index is 11.7. The lowest BCUT2D eigenvalue weighted by Crippen LogP contribution is -2.43. The summed E-state index contributed by atoms with van der Waals surface area (Å²) < 4.78 is 0. The largest absolute Gasteiger partial charge is 0.396 e. The summed E-state index contributed by atoms with van der Waals surface area (Å²) in [6.45, 7) is 2.68. The zero-order valence-corrected chi connectivity index (χ0v) is 12.4. The quantitative estimate of drug-likeness (QED) is 0.719. The zero-order valence-electron chi connectivity index (χ0n) is 10.7. The lowest BCUT2D eigenvalue weighted by molar-refractivity contribution is 0.231. The van der Waals surface area contributed by atoms with E-state index in [0.717, 1.165) is 5.75 Å². The smallest absolute Gasteiger partial charge is 0.315 e. The van der Waals surface area contributed by atoms with Gasteiger partial charge in [-0.15, -0.1) is 11.3 Å². The SMILES string of the molecule is CSCC(CCO)NC(=O)NCc1sccc1C. The van der Waals surface area contributed by atoms with Crippen LogP contribution >= 0.6 is 23.1 Å². The first-order valence-electron chi connectivity index (χ1n) is 5.84. The summed E-state index contributed by atoms with van der Waals surface area (Å²) in [5, 5.41) is 16.7. The minimum Gasteiger partial charge on any atom is -0.396 e. The van der Waals surface area contributed by atoms with Gasteiger partial charge in [0.15, 0.2) is 0 Å². The molecule has 6 heteroatoms. The molecule has 0 aliphatic carbocycles. The van der Waals surface area contributed by atoms with E-state index in [-0.39, 0.29) is 18.7 Å². The molecule has 0 radical (unpaired) electrons. The Labute approximate surface area is 116 Å². The third-order valence-corrected chi connectivity index (χ3v) is 4.32. The van der Waals surface area contributed by atoms with Crippen molar-refractivity contribution in [1.82, 2.24) is 10.6 Å². The average Bonchev–Trinajstić information content (AvgIpc) is 2.73. The van der Waals surface area contributed by atoms with Crippen molar-refractivity contribution >= 4 is 29.1 Å². The molecular formula is C12H20N2O2S2. The summed E-state index contributed by atoms with van der Waals surface area (Å²) in [5.74, 6) is 0.812. The van der Waals surface area contributed by atoms with Gasteiger partial charge < -0.3 is 15.7 Å². The fraction of sp³-hybridized carbons (Fsp3) is 0.583. The van der Waals surface area contributed by atoms with E-state index in [0.29, 0.717) is 13.0 Å². The molecule has 1 aromatic heterocycles. The molecule has 0 fully saturated rings. The Morgan fingerprint density at radius 3 is 2.94 bits per heavy atom. The van der Waals surface area contributed by atoms with Crippen molar-refractivity contribution in [3.05, 3.63) is 21.9 Å². The molecule has 0 bridgehead atoms. The van der Waals surface area contributed by atoms with Crippen molar-refractivity contribution < 1.29 is 9.90 Å². The van der Waals surface area contributed by atoms with E-state index >= 15 is 0 Å². The molecule has 0 aliphatic rings. The summed E-state index contributed by atoms with van der Waals surface area (Å²) in [4.78, 5) is 12.9. The number of aryl methyl sites for hydroxylation is 1. The number of urea groups is 1. The molecule has 1 atom stereocenters. The highest BCUT2D eigenvalue weighted by atomic mass is 32.2. The fourth-order valence-electron chi connectivity index (χ4n) is 1.54. The van der Waals surface area contributed by atoms with Crippen LogP contribution in [0.15, 0.2) is 11.4 Å². The molecule has 2 amide bonds. The number of hydrogen-bond acceptors (Lipinski definition) is 4. The minimum atomic E-state index is -0.171. The number of nitrogens with one attached hydrogen (secondary N) is 2. The van der Waals surface area contributed by atoms with Gasteiger partial charge in [-0.1, -0.05) is 0 Å². The molecule has 1 unspecified atom stereocenters. The molecule has 4 nitrogen and oxygen atoms in total. The Bertz CT molecular complexity index is 363. The Kier molecular flexibility index (Phi) is 7.15. The number of aliphatic hydroxyl groups is 1. The molecule has 18 heavy (non-hydrogen) atoms. The van der Waals surface area contributed by atoms with E-state index in [2.05, 4.69) is 10.6 Å². The third-order valence-electron chi connectivity index (χ3n) is 2.56. The Morgan fingerprint density at radius 2 is 2.39 bits per heavy atom. The molecule has 1 aromatic rings. The zero-order chi connectivity index (χ0) is 13.4. The van der Waals surface area contributed by atoms with E-state index in [1.165, 1.54) is 10.4 Å². The van der Waals surface area contributed by atoms with Crippen LogP contribution in [-0.4, -0.2) is 35.8 Å². The topological polar surface area (TPSA) is 61.4 Å². The summed E-state index contributed by atoms with van der Waals surface area (Å²) in [7, 11) is 0. The fourth-order valence-corrected chi connectivity index (χ4v) is 3.03. The number of thioether (sulfide) groups is 1. The van der Waals surface area contributed by atoms with Crippen molar-refractivity contribution in [2.75, 3.05) is 18.6 Å². The predicted octanol–water partition coefficient (Wildman–Crippen LogP) is 1.97. The van der Waals surface area contributed by atoms with Crippen LogP contribution in [0.5, 0.6) is 0 Å². The van der Waals surface area contributed by atoms with Crippen molar-refractivity contribution in [2.24, 2.45) is 0 Å².